The summed E-state index contributed by atoms with van der Waals surface area (Å²) in [5, 5.41) is 3.32. The van der Waals surface area contributed by atoms with Gasteiger partial charge in [0.2, 0.25) is 5.88 Å². The van der Waals surface area contributed by atoms with Crippen molar-refractivity contribution in [2.45, 2.75) is 137 Å². The van der Waals surface area contributed by atoms with Crippen molar-refractivity contribution in [1.29, 1.82) is 0 Å². The molecule has 0 saturated carbocycles. The second kappa shape index (κ2) is 16.8. The lowest BCUT2D eigenvalue weighted by Crippen LogP contribution is -2.61. The minimum Gasteiger partial charge on any atom is -0.456 e. The van der Waals surface area contributed by atoms with E-state index in [1.54, 1.807) is 0 Å². The molecule has 2 aliphatic heterocycles. The molecule has 6 heteroatoms. The van der Waals surface area contributed by atoms with Crippen molar-refractivity contribution < 1.29 is 8.83 Å². The van der Waals surface area contributed by atoms with E-state index in [1.807, 2.05) is 0 Å². The van der Waals surface area contributed by atoms with Gasteiger partial charge in [0.15, 0.2) is 0 Å². The summed E-state index contributed by atoms with van der Waals surface area (Å²) in [6.45, 7) is 32.4. The molecule has 0 unspecified atom stereocenters. The summed E-state index contributed by atoms with van der Waals surface area (Å²) in [4.78, 5) is 7.59. The third-order valence-electron chi connectivity index (χ3n) is 17.7. The maximum atomic E-state index is 7.48. The van der Waals surface area contributed by atoms with Crippen molar-refractivity contribution in [1.82, 2.24) is 0 Å². The first-order valence-corrected chi connectivity index (χ1v) is 28.0. The van der Waals surface area contributed by atoms with Crippen LogP contribution in [0.2, 0.25) is 0 Å². The van der Waals surface area contributed by atoms with Gasteiger partial charge >= 0.3 is 6.85 Å². The average Bonchev–Trinajstić information content (AvgIpc) is 4.14. The summed E-state index contributed by atoms with van der Waals surface area (Å²) >= 11 is 0. The number of rotatable bonds is 5. The van der Waals surface area contributed by atoms with Gasteiger partial charge in [0.25, 0.3) is 0 Å². The van der Waals surface area contributed by atoms with Crippen LogP contribution in [0.1, 0.15) is 136 Å². The van der Waals surface area contributed by atoms with Gasteiger partial charge < -0.3 is 18.5 Å². The fourth-order valence-electron chi connectivity index (χ4n) is 13.0. The zero-order chi connectivity index (χ0) is 53.9. The molecular weight excluding hydrogens is 938 g/mol. The number of hydrogen-bond acceptors (Lipinski definition) is 5. The topological polar surface area (TPSA) is 36.0 Å². The van der Waals surface area contributed by atoms with Crippen molar-refractivity contribution in [3.05, 3.63) is 191 Å². The second-order valence-corrected chi connectivity index (χ2v) is 27.0. The molecule has 77 heavy (non-hydrogen) atoms. The highest BCUT2D eigenvalue weighted by atomic mass is 16.4. The number of hydrogen-bond donors (Lipinski definition) is 0. The Morgan fingerprint density at radius 2 is 0.974 bits per heavy atom. The van der Waals surface area contributed by atoms with E-state index in [9.17, 15) is 0 Å². The predicted molar refractivity (Wildman–Crippen MR) is 328 cm³/mol. The Morgan fingerprint density at radius 3 is 1.55 bits per heavy atom. The molecule has 0 atom stereocenters. The van der Waals surface area contributed by atoms with Gasteiger partial charge in [-0.05, 0) is 164 Å². The number of furan rings is 2. The molecule has 0 spiro atoms. The monoisotopic (exact) mass is 1010 g/mol. The van der Waals surface area contributed by atoms with Gasteiger partial charge in [0, 0.05) is 67.4 Å². The first-order valence-electron chi connectivity index (χ1n) is 28.0. The van der Waals surface area contributed by atoms with Gasteiger partial charge in [-0.25, -0.2) is 0 Å². The number of benzene rings is 8. The van der Waals surface area contributed by atoms with Crippen LogP contribution in [0.15, 0.2) is 167 Å². The molecule has 0 fully saturated rings. The van der Waals surface area contributed by atoms with Gasteiger partial charge in [0.1, 0.15) is 16.7 Å². The fourth-order valence-corrected chi connectivity index (χ4v) is 13.0. The van der Waals surface area contributed by atoms with E-state index in [0.717, 1.165) is 102 Å². The van der Waals surface area contributed by atoms with Crippen LogP contribution in [0.25, 0.3) is 44.0 Å². The standard InChI is InChI=1S/C71H72BN3O2/c1-43-37-56-57(71(13,14)36-35-70(56,11)12)41-58(43)74-60-39-50(73(47-29-23-44(24-30-47)67(2,3)4)48-31-25-45(26-32-48)68(5,6)7)38-55-53-40-54-51-19-15-17-21-61(51)76-63(54)42-59(53)75(49-33-27-46(28-34-49)69(8,9)10)72(64(55)60)65-52-20-16-18-22-62(52)77-66(65)74/h15-34,37-42H,35-36H2,1-14H3. The van der Waals surface area contributed by atoms with Crippen LogP contribution in [0.4, 0.5) is 45.7 Å². The molecular formula is C71H72BN3O2. The number of anilines is 8. The van der Waals surface area contributed by atoms with E-state index in [2.05, 4.69) is 269 Å². The Kier molecular flexibility index (Phi) is 10.7. The van der Waals surface area contributed by atoms with Gasteiger partial charge in [-0.3, -0.25) is 4.90 Å². The van der Waals surface area contributed by atoms with Crippen molar-refractivity contribution >= 4 is 96.4 Å². The van der Waals surface area contributed by atoms with E-state index >= 15 is 0 Å². The van der Waals surface area contributed by atoms with Crippen molar-refractivity contribution in [2.24, 2.45) is 0 Å². The van der Waals surface area contributed by atoms with Crippen LogP contribution in [-0.2, 0) is 27.1 Å². The molecule has 10 aromatic rings. The quantitative estimate of drug-likeness (QED) is 0.161. The Hall–Kier alpha value is -7.44. The molecule has 13 rings (SSSR count). The Bertz CT molecular complexity index is 3940. The largest absolute Gasteiger partial charge is 0.456 e. The van der Waals surface area contributed by atoms with E-state index < -0.39 is 0 Å². The van der Waals surface area contributed by atoms with E-state index in [-0.39, 0.29) is 33.9 Å². The van der Waals surface area contributed by atoms with Crippen LogP contribution in [0, 0.1) is 6.92 Å². The lowest BCUT2D eigenvalue weighted by atomic mass is 9.43. The molecule has 3 aliphatic rings. The summed E-state index contributed by atoms with van der Waals surface area (Å²) in [7, 11) is 0. The zero-order valence-corrected chi connectivity index (χ0v) is 47.7. The molecule has 2 aromatic heterocycles. The minimum absolute atomic E-state index is 0.00469. The van der Waals surface area contributed by atoms with Crippen LogP contribution in [0.3, 0.4) is 0 Å². The molecule has 386 valence electrons. The normalized spacial score (nSPS) is 15.7. The highest BCUT2D eigenvalue weighted by Gasteiger charge is 2.49. The molecule has 4 heterocycles. The molecule has 0 N–H and O–H groups in total. The summed E-state index contributed by atoms with van der Waals surface area (Å²) < 4.78 is 14.3. The first-order chi connectivity index (χ1) is 36.5. The molecule has 5 nitrogen and oxygen atoms in total. The minimum atomic E-state index is -0.280. The molecule has 0 radical (unpaired) electrons. The summed E-state index contributed by atoms with van der Waals surface area (Å²) in [5.41, 5.74) is 23.1. The first kappa shape index (κ1) is 49.2. The average molecular weight is 1010 g/mol. The van der Waals surface area contributed by atoms with Crippen LogP contribution in [0.5, 0.6) is 0 Å². The Labute approximate surface area is 456 Å². The number of aryl methyl sites for hydroxylation is 1. The summed E-state index contributed by atoms with van der Waals surface area (Å²) in [6.07, 6.45) is 2.27. The lowest BCUT2D eigenvalue weighted by Gasteiger charge is -2.46. The van der Waals surface area contributed by atoms with Gasteiger partial charge in [0.05, 0.1) is 5.69 Å². The summed E-state index contributed by atoms with van der Waals surface area (Å²) in [5.74, 6) is 0.850. The van der Waals surface area contributed by atoms with Gasteiger partial charge in [-0.1, -0.05) is 169 Å². The number of nitrogens with zero attached hydrogens (tertiary/aromatic N) is 3. The molecule has 8 aromatic carbocycles. The maximum Gasteiger partial charge on any atom is 0.337 e. The smallest absolute Gasteiger partial charge is 0.337 e. The Balaban J connectivity index is 1.18. The summed E-state index contributed by atoms with van der Waals surface area (Å²) in [6, 6.07) is 59.8. The van der Waals surface area contributed by atoms with Crippen LogP contribution >= 0.6 is 0 Å². The van der Waals surface area contributed by atoms with Gasteiger partial charge in [-0.15, -0.1) is 0 Å². The van der Waals surface area contributed by atoms with Crippen molar-refractivity contribution in [3.63, 3.8) is 0 Å². The third-order valence-corrected chi connectivity index (χ3v) is 17.7. The molecule has 0 amide bonds. The van der Waals surface area contributed by atoms with Gasteiger partial charge in [-0.2, -0.15) is 0 Å². The number of fused-ring (bicyclic) bond motifs is 10. The highest BCUT2D eigenvalue weighted by Crippen LogP contribution is 2.55. The Morgan fingerprint density at radius 1 is 0.455 bits per heavy atom. The molecule has 0 bridgehead atoms. The van der Waals surface area contributed by atoms with Crippen LogP contribution < -0.4 is 25.5 Å². The fraction of sp³-hybridized carbons (Fsp3) is 0.296. The second-order valence-electron chi connectivity index (χ2n) is 27.0. The molecule has 0 saturated heterocycles. The van der Waals surface area contributed by atoms with Crippen molar-refractivity contribution in [3.8, 4) is 11.1 Å². The third kappa shape index (κ3) is 7.78. The number of para-hydroxylation sites is 2. The zero-order valence-electron chi connectivity index (χ0n) is 47.7. The maximum absolute atomic E-state index is 7.48. The lowest BCUT2D eigenvalue weighted by molar-refractivity contribution is 0.332. The predicted octanol–water partition coefficient (Wildman–Crippen LogP) is 19.1. The molecule has 1 aliphatic carbocycles. The van der Waals surface area contributed by atoms with E-state index in [4.69, 9.17) is 8.83 Å². The van der Waals surface area contributed by atoms with E-state index in [0.29, 0.717) is 0 Å². The van der Waals surface area contributed by atoms with Crippen LogP contribution in [-0.4, -0.2) is 6.85 Å². The highest BCUT2D eigenvalue weighted by molar-refractivity contribution is 6.95. The van der Waals surface area contributed by atoms with E-state index in [1.165, 1.54) is 44.4 Å². The van der Waals surface area contributed by atoms with Crippen molar-refractivity contribution in [2.75, 3.05) is 14.6 Å². The SMILES string of the molecule is Cc1cc2c(cc1N1c3cc(N(c4ccc(C(C)(C)C)cc4)c4ccc(C(C)(C)C)cc4)cc4c3B(c3c1oc1ccccc31)N(c1ccc(C(C)(C)C)cc1)c1cc3oc5ccccc5c3cc1-4)C(C)(C)CCC2(C)C.